The van der Waals surface area contributed by atoms with Gasteiger partial charge in [0.1, 0.15) is 0 Å². The zero-order chi connectivity index (χ0) is 28.4. The molecule has 0 saturated carbocycles. The molecule has 0 aromatic heterocycles. The fourth-order valence-corrected chi connectivity index (χ4v) is 4.81. The molecule has 0 aliphatic carbocycles. The zero-order valence-electron chi connectivity index (χ0n) is 23.5. The Morgan fingerprint density at radius 2 is 1.59 bits per heavy atom. The fourth-order valence-electron chi connectivity index (χ4n) is 4.81. The molecule has 0 atom stereocenters. The second-order valence-corrected chi connectivity index (χ2v) is 10.1. The number of nitrogens with one attached hydrogen (secondary N) is 3. The van der Waals surface area contributed by atoms with Gasteiger partial charge in [-0.1, -0.05) is 56.3 Å². The van der Waals surface area contributed by atoms with E-state index < -0.39 is 0 Å². The van der Waals surface area contributed by atoms with Gasteiger partial charge in [0.05, 0.1) is 23.6 Å². The van der Waals surface area contributed by atoms with E-state index >= 15 is 0 Å². The average Bonchev–Trinajstić information content (AvgIpc) is 2.89. The van der Waals surface area contributed by atoms with Crippen molar-refractivity contribution in [2.24, 2.45) is 11.8 Å². The summed E-state index contributed by atoms with van der Waals surface area (Å²) in [7, 11) is 1.87. The number of amides is 3. The number of benzene rings is 2. The monoisotopic (exact) mass is 534 g/mol. The SMILES string of the molecule is CCNC(=O)CCCC(=O)NCCC(=O)N1Cc2ccccc2/C(N(N)CC(C)C)=C(/NC)c2ccccc21. The summed E-state index contributed by atoms with van der Waals surface area (Å²) in [5.41, 5.74) is 5.35. The minimum Gasteiger partial charge on any atom is -0.386 e. The van der Waals surface area contributed by atoms with Crippen molar-refractivity contribution in [1.29, 1.82) is 0 Å². The lowest BCUT2D eigenvalue weighted by Crippen LogP contribution is -2.38. The first-order valence-corrected chi connectivity index (χ1v) is 13.7. The number of para-hydroxylation sites is 1. The molecule has 0 bridgehead atoms. The number of fused-ring (bicyclic) bond motifs is 2. The van der Waals surface area contributed by atoms with Crippen molar-refractivity contribution in [2.75, 3.05) is 31.6 Å². The van der Waals surface area contributed by atoms with Gasteiger partial charge in [-0.2, -0.15) is 0 Å². The molecule has 1 aliphatic heterocycles. The topological polar surface area (TPSA) is 120 Å². The molecule has 5 N–H and O–H groups in total. The molecule has 3 amide bonds. The number of nitrogens with two attached hydrogens (primary N) is 1. The van der Waals surface area contributed by atoms with Crippen molar-refractivity contribution in [1.82, 2.24) is 21.0 Å². The molecule has 0 spiro atoms. The van der Waals surface area contributed by atoms with Gasteiger partial charge in [0.25, 0.3) is 0 Å². The van der Waals surface area contributed by atoms with Gasteiger partial charge in [0.15, 0.2) is 0 Å². The molecule has 1 aliphatic rings. The van der Waals surface area contributed by atoms with E-state index in [0.29, 0.717) is 38.4 Å². The molecular formula is C30H42N6O3. The van der Waals surface area contributed by atoms with Gasteiger partial charge in [-0.25, -0.2) is 5.84 Å². The molecule has 39 heavy (non-hydrogen) atoms. The Balaban J connectivity index is 1.84. The van der Waals surface area contributed by atoms with E-state index in [2.05, 4.69) is 29.8 Å². The highest BCUT2D eigenvalue weighted by atomic mass is 16.2. The van der Waals surface area contributed by atoms with Gasteiger partial charge < -0.3 is 25.9 Å². The van der Waals surface area contributed by atoms with Crippen molar-refractivity contribution in [2.45, 2.75) is 53.0 Å². The van der Waals surface area contributed by atoms with Crippen LogP contribution in [0.4, 0.5) is 5.69 Å². The molecule has 3 rings (SSSR count). The Labute approximate surface area is 231 Å². The Morgan fingerprint density at radius 3 is 2.26 bits per heavy atom. The molecule has 2 aromatic rings. The number of nitrogens with zero attached hydrogens (tertiary/aromatic N) is 2. The van der Waals surface area contributed by atoms with Gasteiger partial charge in [-0.3, -0.25) is 14.4 Å². The number of hydrogen-bond acceptors (Lipinski definition) is 6. The summed E-state index contributed by atoms with van der Waals surface area (Å²) in [6, 6.07) is 15.8. The second-order valence-electron chi connectivity index (χ2n) is 10.1. The number of carbonyl (C=O) groups excluding carboxylic acids is 3. The van der Waals surface area contributed by atoms with Crippen LogP contribution in [0.3, 0.4) is 0 Å². The highest BCUT2D eigenvalue weighted by Gasteiger charge is 2.28. The number of anilines is 1. The van der Waals surface area contributed by atoms with Gasteiger partial charge in [-0.05, 0) is 30.9 Å². The molecule has 1 heterocycles. The molecular weight excluding hydrogens is 492 g/mol. The van der Waals surface area contributed by atoms with Crippen molar-refractivity contribution in [3.8, 4) is 0 Å². The molecule has 210 valence electrons. The molecule has 9 nitrogen and oxygen atoms in total. The lowest BCUT2D eigenvalue weighted by Gasteiger charge is -2.34. The standard InChI is InChI=1S/C30H42N6O3/c1-5-33-26(37)15-10-16-27(38)34-18-17-28(39)35-20-22-11-6-7-12-23(22)30(36(31)19-21(2)3)29(32-4)24-13-8-9-14-25(24)35/h6-9,11-14,21,32H,5,10,15-20,31H2,1-4H3,(H,33,37)(H,34,38)/b30-29-. The van der Waals surface area contributed by atoms with Gasteiger partial charge in [-0.15, -0.1) is 0 Å². The summed E-state index contributed by atoms with van der Waals surface area (Å²) in [5, 5.41) is 10.7. The second kappa shape index (κ2) is 14.3. The Hall–Kier alpha value is -3.85. The lowest BCUT2D eigenvalue weighted by atomic mass is 9.95. The number of hydrazine groups is 1. The van der Waals surface area contributed by atoms with E-state index in [4.69, 9.17) is 5.84 Å². The first-order valence-electron chi connectivity index (χ1n) is 13.7. The Morgan fingerprint density at radius 1 is 0.949 bits per heavy atom. The van der Waals surface area contributed by atoms with Crippen molar-refractivity contribution >= 4 is 34.8 Å². The summed E-state index contributed by atoms with van der Waals surface area (Å²) in [5.74, 6) is 6.70. The van der Waals surface area contributed by atoms with E-state index in [9.17, 15) is 14.4 Å². The zero-order valence-corrected chi connectivity index (χ0v) is 23.5. The van der Waals surface area contributed by atoms with Crippen LogP contribution in [0.1, 0.15) is 63.1 Å². The van der Waals surface area contributed by atoms with Crippen LogP contribution in [0.2, 0.25) is 0 Å². The summed E-state index contributed by atoms with van der Waals surface area (Å²) in [4.78, 5) is 39.2. The molecule has 9 heteroatoms. The summed E-state index contributed by atoms with van der Waals surface area (Å²) in [6.07, 6.45) is 1.18. The normalized spacial score (nSPS) is 14.6. The first kappa shape index (κ1) is 29.7. The highest BCUT2D eigenvalue weighted by Crippen LogP contribution is 2.37. The van der Waals surface area contributed by atoms with Gasteiger partial charge in [0.2, 0.25) is 17.7 Å². The van der Waals surface area contributed by atoms with Crippen molar-refractivity contribution < 1.29 is 14.4 Å². The molecule has 0 radical (unpaired) electrons. The minimum atomic E-state index is -0.163. The number of carbonyl (C=O) groups is 3. The van der Waals surface area contributed by atoms with Crippen LogP contribution < -0.4 is 26.7 Å². The van der Waals surface area contributed by atoms with Crippen LogP contribution in [-0.4, -0.2) is 49.4 Å². The largest absolute Gasteiger partial charge is 0.386 e. The van der Waals surface area contributed by atoms with Crippen LogP contribution >= 0.6 is 0 Å². The first-order chi connectivity index (χ1) is 18.8. The maximum Gasteiger partial charge on any atom is 0.229 e. The minimum absolute atomic E-state index is 0.0587. The number of hydrogen-bond donors (Lipinski definition) is 4. The molecule has 2 aromatic carbocycles. The summed E-state index contributed by atoms with van der Waals surface area (Å²) in [6.45, 7) is 7.97. The van der Waals surface area contributed by atoms with Crippen LogP contribution in [0, 0.1) is 5.92 Å². The Kier molecular flexibility index (Phi) is 10.9. The third-order valence-electron chi connectivity index (χ3n) is 6.54. The third kappa shape index (κ3) is 7.83. The van der Waals surface area contributed by atoms with Crippen LogP contribution in [-0.2, 0) is 20.9 Å². The maximum absolute atomic E-state index is 13.6. The molecule has 0 unspecified atom stereocenters. The van der Waals surface area contributed by atoms with Gasteiger partial charge in [0, 0.05) is 57.1 Å². The van der Waals surface area contributed by atoms with Crippen LogP contribution in [0.15, 0.2) is 48.5 Å². The third-order valence-corrected chi connectivity index (χ3v) is 6.54. The van der Waals surface area contributed by atoms with E-state index in [1.165, 1.54) is 0 Å². The van der Waals surface area contributed by atoms with Crippen LogP contribution in [0.5, 0.6) is 0 Å². The summed E-state index contributed by atoms with van der Waals surface area (Å²) >= 11 is 0. The average molecular weight is 535 g/mol. The number of rotatable bonds is 12. The predicted molar refractivity (Wildman–Crippen MR) is 156 cm³/mol. The van der Waals surface area contributed by atoms with Gasteiger partial charge >= 0.3 is 0 Å². The van der Waals surface area contributed by atoms with Crippen molar-refractivity contribution in [3.05, 3.63) is 65.2 Å². The molecule has 0 saturated heterocycles. The fraction of sp³-hybridized carbons (Fsp3) is 0.433. The highest BCUT2D eigenvalue weighted by molar-refractivity contribution is 6.01. The van der Waals surface area contributed by atoms with Crippen LogP contribution in [0.25, 0.3) is 11.4 Å². The Bertz CT molecular complexity index is 1190. The van der Waals surface area contributed by atoms with E-state index in [1.807, 2.05) is 62.5 Å². The quantitative estimate of drug-likeness (QED) is 0.245. The lowest BCUT2D eigenvalue weighted by molar-refractivity contribution is -0.122. The van der Waals surface area contributed by atoms with Crippen molar-refractivity contribution in [3.63, 3.8) is 0 Å². The van der Waals surface area contributed by atoms with E-state index in [0.717, 1.165) is 33.8 Å². The predicted octanol–water partition coefficient (Wildman–Crippen LogP) is 3.22. The van der Waals surface area contributed by atoms with E-state index in [-0.39, 0.29) is 37.1 Å². The smallest absolute Gasteiger partial charge is 0.229 e. The maximum atomic E-state index is 13.6. The van der Waals surface area contributed by atoms with E-state index in [1.54, 1.807) is 9.91 Å². The summed E-state index contributed by atoms with van der Waals surface area (Å²) < 4.78 is 0. The molecule has 0 fully saturated rings.